The van der Waals surface area contributed by atoms with Gasteiger partial charge < -0.3 is 19.6 Å². The van der Waals surface area contributed by atoms with Crippen LogP contribution in [0.2, 0.25) is 0 Å². The summed E-state index contributed by atoms with van der Waals surface area (Å²) in [4.78, 5) is 34.7. The van der Waals surface area contributed by atoms with E-state index in [0.29, 0.717) is 0 Å². The summed E-state index contributed by atoms with van der Waals surface area (Å²) >= 11 is 0. The van der Waals surface area contributed by atoms with Crippen LogP contribution < -0.4 is 10.9 Å². The molecule has 84 valence electrons. The lowest BCUT2D eigenvalue weighted by molar-refractivity contribution is 0.318. The van der Waals surface area contributed by atoms with E-state index in [0.717, 1.165) is 12.8 Å². The fraction of sp³-hybridized carbons (Fsp3) is 1.00. The van der Waals surface area contributed by atoms with E-state index in [-0.39, 0.29) is 6.04 Å². The molecule has 8 nitrogen and oxygen atoms in total. The zero-order valence-electron chi connectivity index (χ0n) is 7.07. The van der Waals surface area contributed by atoms with Crippen molar-refractivity contribution >= 4 is 15.2 Å². The summed E-state index contributed by atoms with van der Waals surface area (Å²) in [5.74, 6) is 0. The maximum Gasteiger partial charge on any atom is 0.356 e. The van der Waals surface area contributed by atoms with E-state index in [1.165, 1.54) is 0 Å². The molecule has 6 N–H and O–H groups in total. The van der Waals surface area contributed by atoms with E-state index in [1.807, 2.05) is 5.43 Å². The van der Waals surface area contributed by atoms with Crippen LogP contribution in [-0.2, 0) is 9.13 Å². The van der Waals surface area contributed by atoms with E-state index in [1.54, 1.807) is 0 Å². The Kier molecular flexibility index (Phi) is 3.51. The highest BCUT2D eigenvalue weighted by atomic mass is 31.2. The highest BCUT2D eigenvalue weighted by molar-refractivity contribution is 7.70. The van der Waals surface area contributed by atoms with E-state index in [4.69, 9.17) is 19.6 Å². The average Bonchev–Trinajstić information content (AvgIpc) is 2.64. The Bertz CT molecular complexity index is 270. The predicted octanol–water partition coefficient (Wildman–Crippen LogP) is -1.12. The van der Waals surface area contributed by atoms with Crippen molar-refractivity contribution in [3.8, 4) is 0 Å². The first-order chi connectivity index (χ1) is 6.21. The van der Waals surface area contributed by atoms with Crippen LogP contribution >= 0.6 is 15.2 Å². The second-order valence-corrected chi connectivity index (χ2v) is 6.91. The van der Waals surface area contributed by atoms with Gasteiger partial charge in [-0.3, -0.25) is 14.6 Å². The molecule has 1 aliphatic rings. The summed E-state index contributed by atoms with van der Waals surface area (Å²) < 4.78 is 21.4. The summed E-state index contributed by atoms with van der Waals surface area (Å²) in [5.41, 5.74) is 2.25. The maximum atomic E-state index is 10.7. The molecule has 0 aromatic rings. The van der Waals surface area contributed by atoms with Crippen molar-refractivity contribution in [2.45, 2.75) is 24.4 Å². The third kappa shape index (κ3) is 3.76. The van der Waals surface area contributed by atoms with Gasteiger partial charge in [-0.15, -0.1) is 0 Å². The number of rotatable bonds is 5. The highest BCUT2D eigenvalue weighted by Gasteiger charge is 2.44. The van der Waals surface area contributed by atoms with Crippen molar-refractivity contribution < 1.29 is 28.7 Å². The van der Waals surface area contributed by atoms with Crippen LogP contribution in [0.5, 0.6) is 0 Å². The van der Waals surface area contributed by atoms with Gasteiger partial charge in [0.05, 0.1) is 0 Å². The van der Waals surface area contributed by atoms with Crippen LogP contribution in [0.1, 0.15) is 12.8 Å². The molecular formula is C4H12N2O6P2. The van der Waals surface area contributed by atoms with Gasteiger partial charge in [-0.25, -0.2) is 5.43 Å². The minimum Gasteiger partial charge on any atom is -0.323 e. The largest absolute Gasteiger partial charge is 0.356 e. The summed E-state index contributed by atoms with van der Waals surface area (Å²) in [6, 6.07) is 0.0376. The summed E-state index contributed by atoms with van der Waals surface area (Å²) in [7, 11) is -9.73. The summed E-state index contributed by atoms with van der Waals surface area (Å²) in [6.45, 7) is 0. The van der Waals surface area contributed by atoms with E-state index < -0.39 is 20.7 Å². The van der Waals surface area contributed by atoms with Crippen molar-refractivity contribution in [1.29, 1.82) is 0 Å². The smallest absolute Gasteiger partial charge is 0.323 e. The fourth-order valence-electron chi connectivity index (χ4n) is 0.784. The molecule has 0 bridgehead atoms. The van der Waals surface area contributed by atoms with E-state index in [2.05, 4.69) is 5.43 Å². The topological polar surface area (TPSA) is 139 Å². The standard InChI is InChI=1S/C4H12N2O6P2/c7-13(8,9)4(14(10,11)12)6-5-3-1-2-3/h3-6H,1-2H2,(H2,7,8,9)(H2,10,11,12). The molecular weight excluding hydrogens is 234 g/mol. The Morgan fingerprint density at radius 3 is 1.79 bits per heavy atom. The first-order valence-electron chi connectivity index (χ1n) is 3.83. The lowest BCUT2D eigenvalue weighted by Gasteiger charge is -2.20. The molecule has 0 aromatic heterocycles. The van der Waals surface area contributed by atoms with Crippen LogP contribution in [0, 0.1) is 0 Å². The van der Waals surface area contributed by atoms with Gasteiger partial charge >= 0.3 is 15.2 Å². The van der Waals surface area contributed by atoms with Crippen LogP contribution in [0.15, 0.2) is 0 Å². The van der Waals surface area contributed by atoms with Gasteiger partial charge in [0.2, 0.25) is 5.52 Å². The monoisotopic (exact) mass is 246 g/mol. The van der Waals surface area contributed by atoms with Crippen molar-refractivity contribution in [3.63, 3.8) is 0 Å². The van der Waals surface area contributed by atoms with Gasteiger partial charge in [-0.05, 0) is 12.8 Å². The quantitative estimate of drug-likeness (QED) is 0.265. The van der Waals surface area contributed by atoms with Gasteiger partial charge in [0.1, 0.15) is 0 Å². The molecule has 0 amide bonds. The number of hydrogen-bond acceptors (Lipinski definition) is 4. The first-order valence-corrected chi connectivity index (χ1v) is 7.19. The SMILES string of the molecule is O=P(O)(O)C(NNC1CC1)P(=O)(O)O. The Morgan fingerprint density at radius 1 is 1.07 bits per heavy atom. The van der Waals surface area contributed by atoms with E-state index in [9.17, 15) is 9.13 Å². The zero-order valence-corrected chi connectivity index (χ0v) is 8.86. The average molecular weight is 246 g/mol. The van der Waals surface area contributed by atoms with Crippen LogP contribution in [0.3, 0.4) is 0 Å². The third-order valence-electron chi connectivity index (χ3n) is 1.63. The Morgan fingerprint density at radius 2 is 1.50 bits per heavy atom. The van der Waals surface area contributed by atoms with Gasteiger partial charge in [0.25, 0.3) is 0 Å². The van der Waals surface area contributed by atoms with Crippen molar-refractivity contribution in [1.82, 2.24) is 10.9 Å². The molecule has 0 radical (unpaired) electrons. The molecule has 1 rings (SSSR count). The molecule has 0 aliphatic heterocycles. The number of hydrogen-bond donors (Lipinski definition) is 6. The van der Waals surface area contributed by atoms with Crippen LogP contribution in [0.4, 0.5) is 0 Å². The van der Waals surface area contributed by atoms with Crippen LogP contribution in [-0.4, -0.2) is 31.1 Å². The highest BCUT2D eigenvalue weighted by Crippen LogP contribution is 2.58. The predicted molar refractivity (Wildman–Crippen MR) is 47.2 cm³/mol. The molecule has 1 fully saturated rings. The molecule has 0 aromatic carbocycles. The summed E-state index contributed by atoms with van der Waals surface area (Å²) in [5, 5.41) is 0. The van der Waals surface area contributed by atoms with E-state index >= 15 is 0 Å². The van der Waals surface area contributed by atoms with Crippen molar-refractivity contribution in [3.05, 3.63) is 0 Å². The van der Waals surface area contributed by atoms with Gasteiger partial charge in [-0.2, -0.15) is 0 Å². The molecule has 10 heteroatoms. The normalized spacial score (nSPS) is 18.9. The lowest BCUT2D eigenvalue weighted by Crippen LogP contribution is -2.41. The first kappa shape index (κ1) is 12.3. The molecule has 0 spiro atoms. The van der Waals surface area contributed by atoms with Crippen molar-refractivity contribution in [2.24, 2.45) is 0 Å². The molecule has 14 heavy (non-hydrogen) atoms. The second kappa shape index (κ2) is 4.00. The molecule has 0 unspecified atom stereocenters. The molecule has 0 atom stereocenters. The Hall–Kier alpha value is 0.220. The number of nitrogens with one attached hydrogen (secondary N) is 2. The molecule has 0 saturated heterocycles. The summed E-state index contributed by atoms with van der Waals surface area (Å²) in [6.07, 6.45) is 1.64. The Labute approximate surface area is 80.0 Å². The fourth-order valence-corrected chi connectivity index (χ4v) is 2.84. The zero-order chi connectivity index (χ0) is 11.0. The minimum atomic E-state index is -4.86. The van der Waals surface area contributed by atoms with Gasteiger partial charge in [-0.1, -0.05) is 0 Å². The maximum absolute atomic E-state index is 10.7. The second-order valence-electron chi connectivity index (χ2n) is 3.11. The van der Waals surface area contributed by atoms with Gasteiger partial charge in [0.15, 0.2) is 0 Å². The molecule has 0 heterocycles. The van der Waals surface area contributed by atoms with Crippen molar-refractivity contribution in [2.75, 3.05) is 0 Å². The third-order valence-corrected chi connectivity index (χ3v) is 4.97. The van der Waals surface area contributed by atoms with Gasteiger partial charge in [0, 0.05) is 6.04 Å². The number of hydrazine groups is 1. The van der Waals surface area contributed by atoms with Crippen LogP contribution in [0.25, 0.3) is 0 Å². The molecule has 1 saturated carbocycles. The molecule has 1 aliphatic carbocycles. The Balaban J connectivity index is 2.61. The minimum absolute atomic E-state index is 0.0376. The lowest BCUT2D eigenvalue weighted by atomic mass is 10.8.